The molecule has 0 bridgehead atoms. The van der Waals surface area contributed by atoms with Crippen LogP contribution in [-0.2, 0) is 16.1 Å². The number of ether oxygens (including phenoxy) is 1. The largest absolute Gasteiger partial charge is 0.385 e. The van der Waals surface area contributed by atoms with Crippen LogP contribution in [0.4, 0.5) is 0 Å². The van der Waals surface area contributed by atoms with E-state index in [2.05, 4.69) is 10.3 Å². The molecular weight excluding hydrogens is 214 g/mol. The minimum Gasteiger partial charge on any atom is -0.385 e. The van der Waals surface area contributed by atoms with Gasteiger partial charge in [0, 0.05) is 19.1 Å². The van der Waals surface area contributed by atoms with E-state index in [9.17, 15) is 4.79 Å². The number of nitrogens with two attached hydrogens (primary N) is 1. The summed E-state index contributed by atoms with van der Waals surface area (Å²) in [6.07, 6.45) is 0.527. The van der Waals surface area contributed by atoms with Gasteiger partial charge in [0.05, 0.1) is 23.8 Å². The molecule has 0 aliphatic rings. The first kappa shape index (κ1) is 12.1. The van der Waals surface area contributed by atoms with Crippen LogP contribution in [0.15, 0.2) is 10.9 Å². The van der Waals surface area contributed by atoms with E-state index in [1.807, 2.05) is 5.38 Å². The first-order chi connectivity index (χ1) is 7.24. The van der Waals surface area contributed by atoms with Crippen molar-refractivity contribution < 1.29 is 9.53 Å². The molecular formula is C9H15N3O2S. The molecule has 1 heterocycles. The van der Waals surface area contributed by atoms with Crippen LogP contribution in [0.2, 0.25) is 0 Å². The number of carbonyl (C=O) groups excluding carboxylic acids is 1. The second kappa shape index (κ2) is 6.49. The minimum absolute atomic E-state index is 0.167. The summed E-state index contributed by atoms with van der Waals surface area (Å²) in [5.74, 6) is -0.167. The Bertz CT molecular complexity index is 290. The van der Waals surface area contributed by atoms with Gasteiger partial charge in [0.15, 0.2) is 0 Å². The third kappa shape index (κ3) is 4.37. The third-order valence-corrected chi connectivity index (χ3v) is 2.53. The van der Waals surface area contributed by atoms with E-state index in [4.69, 9.17) is 10.5 Å². The summed E-state index contributed by atoms with van der Waals surface area (Å²) in [4.78, 5) is 15.5. The first-order valence-corrected chi connectivity index (χ1v) is 5.57. The lowest BCUT2D eigenvalue weighted by atomic mass is 10.2. The van der Waals surface area contributed by atoms with E-state index in [1.54, 1.807) is 12.6 Å². The van der Waals surface area contributed by atoms with Gasteiger partial charge in [-0.15, -0.1) is 11.3 Å². The Morgan fingerprint density at radius 2 is 2.60 bits per heavy atom. The van der Waals surface area contributed by atoms with Crippen molar-refractivity contribution in [2.75, 3.05) is 13.7 Å². The summed E-state index contributed by atoms with van der Waals surface area (Å²) in [7, 11) is 1.58. The second-order valence-corrected chi connectivity index (χ2v) is 3.80. The molecule has 15 heavy (non-hydrogen) atoms. The zero-order valence-electron chi connectivity index (χ0n) is 8.60. The van der Waals surface area contributed by atoms with E-state index in [0.29, 0.717) is 19.6 Å². The fourth-order valence-corrected chi connectivity index (χ4v) is 1.57. The van der Waals surface area contributed by atoms with Crippen molar-refractivity contribution in [3.05, 3.63) is 16.6 Å². The number of hydrogen-bond acceptors (Lipinski definition) is 5. The van der Waals surface area contributed by atoms with Gasteiger partial charge in [-0.2, -0.15) is 0 Å². The quantitative estimate of drug-likeness (QED) is 0.726. The lowest BCUT2D eigenvalue weighted by Crippen LogP contribution is -2.40. The number of nitrogens with zero attached hydrogens (tertiary/aromatic N) is 1. The predicted octanol–water partition coefficient (Wildman–Crippen LogP) is 0.123. The van der Waals surface area contributed by atoms with Gasteiger partial charge >= 0.3 is 0 Å². The summed E-state index contributed by atoms with van der Waals surface area (Å²) in [6, 6.07) is -0.511. The number of methoxy groups -OCH3 is 1. The van der Waals surface area contributed by atoms with Crippen molar-refractivity contribution in [2.45, 2.75) is 19.0 Å². The molecule has 0 radical (unpaired) electrons. The van der Waals surface area contributed by atoms with Crippen LogP contribution in [-0.4, -0.2) is 30.6 Å². The zero-order valence-corrected chi connectivity index (χ0v) is 9.42. The van der Waals surface area contributed by atoms with Gasteiger partial charge in [-0.1, -0.05) is 0 Å². The van der Waals surface area contributed by atoms with Gasteiger partial charge in [0.25, 0.3) is 0 Å². The van der Waals surface area contributed by atoms with Crippen LogP contribution < -0.4 is 11.1 Å². The van der Waals surface area contributed by atoms with Gasteiger partial charge in [0.2, 0.25) is 5.91 Å². The maximum absolute atomic E-state index is 11.4. The molecule has 0 aliphatic carbocycles. The van der Waals surface area contributed by atoms with Gasteiger partial charge in [-0.3, -0.25) is 4.79 Å². The highest BCUT2D eigenvalue weighted by Crippen LogP contribution is 2.00. The molecule has 1 amide bonds. The molecule has 0 aromatic carbocycles. The molecule has 84 valence electrons. The van der Waals surface area contributed by atoms with Crippen LogP contribution >= 0.6 is 11.3 Å². The van der Waals surface area contributed by atoms with Gasteiger partial charge in [-0.25, -0.2) is 4.98 Å². The Morgan fingerprint density at radius 1 is 1.80 bits per heavy atom. The molecule has 0 fully saturated rings. The molecule has 1 rings (SSSR count). The van der Waals surface area contributed by atoms with Crippen LogP contribution in [0.1, 0.15) is 12.1 Å². The lowest BCUT2D eigenvalue weighted by molar-refractivity contribution is -0.122. The SMILES string of the molecule is COCCC(N)C(=O)NCc1cscn1. The topological polar surface area (TPSA) is 77.2 Å². The minimum atomic E-state index is -0.511. The second-order valence-electron chi connectivity index (χ2n) is 3.09. The fourth-order valence-electron chi connectivity index (χ4n) is 1.01. The molecule has 1 aromatic heterocycles. The van der Waals surface area contributed by atoms with E-state index < -0.39 is 6.04 Å². The first-order valence-electron chi connectivity index (χ1n) is 4.63. The van der Waals surface area contributed by atoms with Crippen molar-refractivity contribution in [1.29, 1.82) is 0 Å². The van der Waals surface area contributed by atoms with Crippen LogP contribution in [0.25, 0.3) is 0 Å². The van der Waals surface area contributed by atoms with Crippen molar-refractivity contribution in [3.63, 3.8) is 0 Å². The molecule has 0 saturated heterocycles. The molecule has 1 unspecified atom stereocenters. The van der Waals surface area contributed by atoms with Gasteiger partial charge in [0.1, 0.15) is 0 Å². The third-order valence-electron chi connectivity index (χ3n) is 1.90. The molecule has 0 spiro atoms. The molecule has 1 aromatic rings. The summed E-state index contributed by atoms with van der Waals surface area (Å²) in [5.41, 5.74) is 8.22. The number of nitrogens with one attached hydrogen (secondary N) is 1. The maximum Gasteiger partial charge on any atom is 0.237 e. The van der Waals surface area contributed by atoms with Gasteiger partial charge < -0.3 is 15.8 Å². The Labute approximate surface area is 92.6 Å². The predicted molar refractivity (Wildman–Crippen MR) is 58.4 cm³/mol. The standard InChI is InChI=1S/C9H15N3O2S/c1-14-3-2-8(10)9(13)11-4-7-5-15-6-12-7/h5-6,8H,2-4,10H2,1H3,(H,11,13). The normalized spacial score (nSPS) is 12.4. The van der Waals surface area contributed by atoms with Gasteiger partial charge in [-0.05, 0) is 6.42 Å². The van der Waals surface area contributed by atoms with Crippen LogP contribution in [0, 0.1) is 0 Å². The zero-order chi connectivity index (χ0) is 11.1. The Hall–Kier alpha value is -0.980. The Kier molecular flexibility index (Phi) is 5.23. The molecule has 0 saturated carbocycles. The Balaban J connectivity index is 2.23. The van der Waals surface area contributed by atoms with Crippen molar-refractivity contribution in [3.8, 4) is 0 Å². The van der Waals surface area contributed by atoms with E-state index in [1.165, 1.54) is 11.3 Å². The highest BCUT2D eigenvalue weighted by Gasteiger charge is 2.12. The lowest BCUT2D eigenvalue weighted by Gasteiger charge is -2.10. The highest BCUT2D eigenvalue weighted by molar-refractivity contribution is 7.07. The maximum atomic E-state index is 11.4. The number of hydrogen-bond donors (Lipinski definition) is 2. The van der Waals surface area contributed by atoms with Crippen LogP contribution in [0.3, 0.4) is 0 Å². The van der Waals surface area contributed by atoms with E-state index >= 15 is 0 Å². The average molecular weight is 229 g/mol. The molecule has 3 N–H and O–H groups in total. The number of aromatic nitrogens is 1. The van der Waals surface area contributed by atoms with Crippen LogP contribution in [0.5, 0.6) is 0 Å². The fraction of sp³-hybridized carbons (Fsp3) is 0.556. The highest BCUT2D eigenvalue weighted by atomic mass is 32.1. The smallest absolute Gasteiger partial charge is 0.237 e. The van der Waals surface area contributed by atoms with E-state index in [-0.39, 0.29) is 5.91 Å². The number of thiazole rings is 1. The molecule has 1 atom stereocenters. The molecule has 0 aliphatic heterocycles. The summed E-state index contributed by atoms with van der Waals surface area (Å²) in [5, 5.41) is 4.61. The van der Waals surface area contributed by atoms with Crippen molar-refractivity contribution >= 4 is 17.2 Å². The van der Waals surface area contributed by atoms with Crippen molar-refractivity contribution in [1.82, 2.24) is 10.3 Å². The summed E-state index contributed by atoms with van der Waals surface area (Å²) < 4.78 is 4.84. The molecule has 6 heteroatoms. The summed E-state index contributed by atoms with van der Waals surface area (Å²) >= 11 is 1.50. The number of carbonyl (C=O) groups is 1. The van der Waals surface area contributed by atoms with E-state index in [0.717, 1.165) is 5.69 Å². The molecule has 5 nitrogen and oxygen atoms in total. The number of rotatable bonds is 6. The monoisotopic (exact) mass is 229 g/mol. The summed E-state index contributed by atoms with van der Waals surface area (Å²) in [6.45, 7) is 0.925. The average Bonchev–Trinajstić information content (AvgIpc) is 2.75. The van der Waals surface area contributed by atoms with Crippen molar-refractivity contribution in [2.24, 2.45) is 5.73 Å². The number of amides is 1. The Morgan fingerprint density at radius 3 is 3.20 bits per heavy atom.